The number of thioether (sulfide) groups is 1. The molecule has 3 amide bonds. The average Bonchev–Trinajstić information content (AvgIpc) is 3.43. The lowest BCUT2D eigenvalue weighted by Crippen LogP contribution is -2.39. The highest BCUT2D eigenvalue weighted by Crippen LogP contribution is 2.45. The topological polar surface area (TPSA) is 104 Å². The summed E-state index contributed by atoms with van der Waals surface area (Å²) in [6.07, 6.45) is -4.35. The van der Waals surface area contributed by atoms with Crippen molar-refractivity contribution in [1.29, 1.82) is 0 Å². The van der Waals surface area contributed by atoms with Gasteiger partial charge in [-0.1, -0.05) is 48.2 Å². The van der Waals surface area contributed by atoms with Crippen molar-refractivity contribution in [3.05, 3.63) is 64.6 Å². The molecule has 2 saturated heterocycles. The van der Waals surface area contributed by atoms with Crippen LogP contribution >= 0.6 is 24.0 Å². The molecule has 0 saturated carbocycles. The molecule has 1 unspecified atom stereocenters. The molecule has 2 aromatic carbocycles. The number of sulfone groups is 1. The summed E-state index contributed by atoms with van der Waals surface area (Å²) in [5, 5.41) is 2.38. The van der Waals surface area contributed by atoms with Crippen LogP contribution in [0.15, 0.2) is 53.4 Å². The van der Waals surface area contributed by atoms with Gasteiger partial charge in [0.05, 0.1) is 39.3 Å². The molecule has 5 rings (SSSR count). The number of hydrogen-bond acceptors (Lipinski definition) is 7. The third-order valence-electron chi connectivity index (χ3n) is 6.30. The van der Waals surface area contributed by atoms with Gasteiger partial charge in [-0.2, -0.15) is 13.2 Å². The van der Waals surface area contributed by atoms with Crippen LogP contribution in [0.1, 0.15) is 17.5 Å². The zero-order valence-electron chi connectivity index (χ0n) is 19.3. The van der Waals surface area contributed by atoms with E-state index >= 15 is 0 Å². The molecule has 2 aromatic rings. The standard InChI is InChI=1S/C24H18F3N3O5S3/c25-24(26,27)13-4-3-5-14(10-13)28-18(31)11-29-17-7-2-1-6-16(17)19(21(29)32)20-22(33)30(23(36)37-20)15-8-9-38(34,35)12-15/h1-7,10,15H,8-9,11-12H2,(H,28,31)/b20-19-. The molecule has 3 aliphatic heterocycles. The second kappa shape index (κ2) is 9.50. The number of alkyl halides is 3. The maximum absolute atomic E-state index is 13.5. The smallest absolute Gasteiger partial charge is 0.325 e. The van der Waals surface area contributed by atoms with Crippen molar-refractivity contribution in [1.82, 2.24) is 4.90 Å². The fourth-order valence-electron chi connectivity index (χ4n) is 4.60. The monoisotopic (exact) mass is 581 g/mol. The number of hydrogen-bond donors (Lipinski definition) is 1. The van der Waals surface area contributed by atoms with Crippen LogP contribution < -0.4 is 10.2 Å². The summed E-state index contributed by atoms with van der Waals surface area (Å²) in [5.74, 6) is -2.23. The summed E-state index contributed by atoms with van der Waals surface area (Å²) >= 11 is 6.26. The van der Waals surface area contributed by atoms with Gasteiger partial charge in [-0.05, 0) is 30.7 Å². The Labute approximate surface area is 224 Å². The number of thiocarbonyl (C=S) groups is 1. The molecular formula is C24H18F3N3O5S3. The Balaban J connectivity index is 1.42. The molecule has 0 bridgehead atoms. The summed E-state index contributed by atoms with van der Waals surface area (Å²) in [6.45, 7) is -0.517. The van der Waals surface area contributed by atoms with Gasteiger partial charge < -0.3 is 5.32 Å². The number of benzene rings is 2. The Bertz CT molecular complexity index is 1540. The van der Waals surface area contributed by atoms with E-state index in [-0.39, 0.29) is 38.4 Å². The van der Waals surface area contributed by atoms with Gasteiger partial charge in [-0.25, -0.2) is 8.42 Å². The van der Waals surface area contributed by atoms with E-state index in [2.05, 4.69) is 5.32 Å². The first-order valence-electron chi connectivity index (χ1n) is 11.2. The Morgan fingerprint density at radius 1 is 1.11 bits per heavy atom. The Morgan fingerprint density at radius 3 is 2.53 bits per heavy atom. The Hall–Kier alpha value is -3.23. The molecule has 2 fully saturated rings. The van der Waals surface area contributed by atoms with Crippen molar-refractivity contribution in [2.24, 2.45) is 0 Å². The van der Waals surface area contributed by atoms with Crippen LogP contribution in [0, 0.1) is 0 Å². The van der Waals surface area contributed by atoms with Gasteiger partial charge >= 0.3 is 6.18 Å². The lowest BCUT2D eigenvalue weighted by atomic mass is 10.1. The number of fused-ring (bicyclic) bond motifs is 1. The van der Waals surface area contributed by atoms with Gasteiger partial charge in [0.2, 0.25) is 5.91 Å². The second-order valence-corrected chi connectivity index (χ2v) is 12.7. The van der Waals surface area contributed by atoms with Crippen LogP contribution in [-0.2, 0) is 30.4 Å². The van der Waals surface area contributed by atoms with Crippen molar-refractivity contribution in [2.75, 3.05) is 28.3 Å². The molecule has 0 spiro atoms. The van der Waals surface area contributed by atoms with Crippen LogP contribution in [0.5, 0.6) is 0 Å². The molecule has 0 radical (unpaired) electrons. The largest absolute Gasteiger partial charge is 0.416 e. The van der Waals surface area contributed by atoms with Gasteiger partial charge in [-0.3, -0.25) is 24.2 Å². The van der Waals surface area contributed by atoms with Crippen LogP contribution in [0.3, 0.4) is 0 Å². The predicted molar refractivity (Wildman–Crippen MR) is 140 cm³/mol. The molecule has 0 aliphatic carbocycles. The molecule has 14 heteroatoms. The van der Waals surface area contributed by atoms with E-state index in [0.717, 1.165) is 34.9 Å². The minimum Gasteiger partial charge on any atom is -0.325 e. The molecule has 198 valence electrons. The van der Waals surface area contributed by atoms with Crippen molar-refractivity contribution in [3.8, 4) is 0 Å². The highest BCUT2D eigenvalue weighted by molar-refractivity contribution is 8.26. The minimum atomic E-state index is -4.59. The fourth-order valence-corrected chi connectivity index (χ4v) is 7.77. The molecule has 0 aromatic heterocycles. The number of nitrogens with one attached hydrogen (secondary N) is 1. The number of halogens is 3. The van der Waals surface area contributed by atoms with Gasteiger partial charge in [0.15, 0.2) is 9.84 Å². The van der Waals surface area contributed by atoms with Crippen molar-refractivity contribution in [2.45, 2.75) is 18.6 Å². The van der Waals surface area contributed by atoms with E-state index in [1.165, 1.54) is 11.0 Å². The second-order valence-electron chi connectivity index (χ2n) is 8.84. The van der Waals surface area contributed by atoms with Gasteiger partial charge in [-0.15, -0.1) is 0 Å². The van der Waals surface area contributed by atoms with E-state index < -0.39 is 51.9 Å². The van der Waals surface area contributed by atoms with E-state index in [4.69, 9.17) is 12.2 Å². The van der Waals surface area contributed by atoms with Gasteiger partial charge in [0.25, 0.3) is 11.8 Å². The van der Waals surface area contributed by atoms with E-state index in [9.17, 15) is 36.0 Å². The van der Waals surface area contributed by atoms with E-state index in [0.29, 0.717) is 11.3 Å². The maximum atomic E-state index is 13.5. The third-order valence-corrected chi connectivity index (χ3v) is 9.45. The first-order chi connectivity index (χ1) is 17.9. The molecular weight excluding hydrogens is 563 g/mol. The van der Waals surface area contributed by atoms with Crippen molar-refractivity contribution >= 4 is 72.8 Å². The zero-order valence-corrected chi connectivity index (χ0v) is 21.8. The van der Waals surface area contributed by atoms with Crippen molar-refractivity contribution in [3.63, 3.8) is 0 Å². The highest BCUT2D eigenvalue weighted by Gasteiger charge is 2.46. The number of para-hydroxylation sites is 1. The number of nitrogens with zero attached hydrogens (tertiary/aromatic N) is 2. The Morgan fingerprint density at radius 2 is 1.84 bits per heavy atom. The van der Waals surface area contributed by atoms with Crippen LogP contribution in [0.4, 0.5) is 24.5 Å². The highest BCUT2D eigenvalue weighted by atomic mass is 32.2. The van der Waals surface area contributed by atoms with Crippen LogP contribution in [0.25, 0.3) is 5.57 Å². The van der Waals surface area contributed by atoms with Crippen LogP contribution in [-0.4, -0.2) is 59.5 Å². The third kappa shape index (κ3) is 4.83. The molecule has 3 heterocycles. The normalized spacial score (nSPS) is 22.8. The first-order valence-corrected chi connectivity index (χ1v) is 14.3. The summed E-state index contributed by atoms with van der Waals surface area (Å²) in [6, 6.07) is 9.99. The number of anilines is 2. The lowest BCUT2D eigenvalue weighted by Gasteiger charge is -2.21. The number of amides is 3. The number of carbonyl (C=O) groups is 3. The zero-order chi connectivity index (χ0) is 27.4. The number of rotatable bonds is 4. The molecule has 38 heavy (non-hydrogen) atoms. The summed E-state index contributed by atoms with van der Waals surface area (Å²) in [5.41, 5.74) is -0.243. The quantitative estimate of drug-likeness (QED) is 0.436. The molecule has 8 nitrogen and oxygen atoms in total. The van der Waals surface area contributed by atoms with Gasteiger partial charge in [0.1, 0.15) is 10.9 Å². The molecule has 1 atom stereocenters. The average molecular weight is 582 g/mol. The molecule has 1 N–H and O–H groups in total. The summed E-state index contributed by atoms with van der Waals surface area (Å²) in [7, 11) is -3.30. The van der Waals surface area contributed by atoms with E-state index in [1.807, 2.05) is 0 Å². The molecule has 3 aliphatic rings. The van der Waals surface area contributed by atoms with Crippen molar-refractivity contribution < 1.29 is 36.0 Å². The van der Waals surface area contributed by atoms with Crippen LogP contribution in [0.2, 0.25) is 0 Å². The summed E-state index contributed by atoms with van der Waals surface area (Å²) in [4.78, 5) is 42.1. The fraction of sp³-hybridized carbons (Fsp3) is 0.250. The first kappa shape index (κ1) is 26.4. The lowest BCUT2D eigenvalue weighted by molar-refractivity contribution is -0.137. The minimum absolute atomic E-state index is 0.0353. The van der Waals surface area contributed by atoms with E-state index in [1.54, 1.807) is 24.3 Å². The number of carbonyl (C=O) groups excluding carboxylic acids is 3. The summed E-state index contributed by atoms with van der Waals surface area (Å²) < 4.78 is 63.1. The SMILES string of the molecule is O=C(CN1C(=O)/C(=C2\SC(=S)N(C3CCS(=O)(=O)C3)C2=O)c2ccccc21)Nc1cccc(C(F)(F)F)c1. The Kier molecular flexibility index (Phi) is 6.60. The maximum Gasteiger partial charge on any atom is 0.416 e. The predicted octanol–water partition coefficient (Wildman–Crippen LogP) is 3.45. The van der Waals surface area contributed by atoms with Gasteiger partial charge in [0, 0.05) is 11.3 Å².